The van der Waals surface area contributed by atoms with Crippen LogP contribution in [0.15, 0.2) is 48.5 Å². The van der Waals surface area contributed by atoms with E-state index in [-0.39, 0.29) is 0 Å². The Bertz CT molecular complexity index is 594. The molecule has 0 aliphatic heterocycles. The van der Waals surface area contributed by atoms with Gasteiger partial charge in [-0.2, -0.15) is 0 Å². The van der Waals surface area contributed by atoms with Crippen molar-refractivity contribution < 1.29 is 4.74 Å². The number of benzene rings is 2. The minimum atomic E-state index is 0.392. The summed E-state index contributed by atoms with van der Waals surface area (Å²) in [5, 5.41) is 3.77. The molecule has 110 valence electrons. The van der Waals surface area contributed by atoms with Gasteiger partial charge in [-0.3, -0.25) is 0 Å². The fraction of sp³-hybridized carbons (Fsp3) is 0.368. The number of nitrogens with one attached hydrogen (secondary N) is 1. The molecule has 2 unspecified atom stereocenters. The van der Waals surface area contributed by atoms with Gasteiger partial charge in [0.15, 0.2) is 0 Å². The molecule has 0 bridgehead atoms. The van der Waals surface area contributed by atoms with E-state index in [1.165, 1.54) is 23.1 Å². The molecule has 2 aromatic carbocycles. The highest BCUT2D eigenvalue weighted by molar-refractivity contribution is 5.42. The number of hydrogen-bond acceptors (Lipinski definition) is 2. The number of methoxy groups -OCH3 is 1. The molecule has 1 aliphatic carbocycles. The molecule has 0 saturated carbocycles. The summed E-state index contributed by atoms with van der Waals surface area (Å²) in [4.78, 5) is 0. The molecule has 1 N–H and O–H groups in total. The molecule has 2 heteroatoms. The van der Waals surface area contributed by atoms with Crippen LogP contribution in [0.3, 0.4) is 0 Å². The number of hydrogen-bond donors (Lipinski definition) is 1. The summed E-state index contributed by atoms with van der Waals surface area (Å²) in [5.41, 5.74) is 4.18. The molecule has 0 amide bonds. The molecular formula is C19H23NO. The molecule has 2 nitrogen and oxygen atoms in total. The Balaban J connectivity index is 1.69. The lowest BCUT2D eigenvalue weighted by Gasteiger charge is -2.29. The molecule has 2 atom stereocenters. The zero-order valence-corrected chi connectivity index (χ0v) is 12.8. The number of ether oxygens (including phenoxy) is 1. The van der Waals surface area contributed by atoms with Crippen molar-refractivity contribution in [1.82, 2.24) is 5.32 Å². The maximum absolute atomic E-state index is 5.48. The minimum absolute atomic E-state index is 0.392. The molecule has 1 aliphatic rings. The monoisotopic (exact) mass is 281 g/mol. The van der Waals surface area contributed by atoms with Gasteiger partial charge in [0.05, 0.1) is 7.11 Å². The quantitative estimate of drug-likeness (QED) is 0.917. The first-order valence-electron chi connectivity index (χ1n) is 7.73. The molecule has 0 aromatic heterocycles. The van der Waals surface area contributed by atoms with Crippen molar-refractivity contribution in [3.8, 4) is 5.75 Å². The smallest absolute Gasteiger partial charge is 0.122 e. The van der Waals surface area contributed by atoms with Crippen molar-refractivity contribution >= 4 is 0 Å². The Morgan fingerprint density at radius 3 is 2.67 bits per heavy atom. The van der Waals surface area contributed by atoms with Gasteiger partial charge in [0.1, 0.15) is 5.75 Å². The van der Waals surface area contributed by atoms with Crippen LogP contribution in [0.1, 0.15) is 36.1 Å². The van der Waals surface area contributed by atoms with Crippen LogP contribution in [0, 0.1) is 0 Å². The molecule has 0 saturated heterocycles. The van der Waals surface area contributed by atoms with Gasteiger partial charge in [0.25, 0.3) is 0 Å². The summed E-state index contributed by atoms with van der Waals surface area (Å²) in [7, 11) is 1.76. The van der Waals surface area contributed by atoms with E-state index in [2.05, 4.69) is 60.8 Å². The Labute approximate surface area is 127 Å². The highest BCUT2D eigenvalue weighted by atomic mass is 16.5. The van der Waals surface area contributed by atoms with Gasteiger partial charge in [-0.25, -0.2) is 0 Å². The van der Waals surface area contributed by atoms with Crippen LogP contribution >= 0.6 is 0 Å². The van der Waals surface area contributed by atoms with Gasteiger partial charge in [-0.15, -0.1) is 0 Å². The van der Waals surface area contributed by atoms with Crippen molar-refractivity contribution in [3.63, 3.8) is 0 Å². The first kappa shape index (κ1) is 14.2. The van der Waals surface area contributed by atoms with Gasteiger partial charge >= 0.3 is 0 Å². The van der Waals surface area contributed by atoms with Crippen LogP contribution < -0.4 is 10.1 Å². The van der Waals surface area contributed by atoms with Crippen LogP contribution in [-0.2, 0) is 12.8 Å². The lowest BCUT2D eigenvalue weighted by molar-refractivity contribution is 0.386. The standard InChI is InChI=1S/C19H23NO/c1-14(15-7-4-3-5-8-15)20-17-11-12-18-16(13-17)9-6-10-19(18)21-2/h3-10,14,17,20H,11-13H2,1-2H3. The second kappa shape index (κ2) is 6.31. The van der Waals surface area contributed by atoms with Crippen molar-refractivity contribution in [2.24, 2.45) is 0 Å². The Morgan fingerprint density at radius 1 is 1.10 bits per heavy atom. The molecule has 0 fully saturated rings. The SMILES string of the molecule is COc1cccc2c1CCC(NC(C)c1ccccc1)C2. The van der Waals surface area contributed by atoms with E-state index in [1.54, 1.807) is 7.11 Å². The predicted octanol–water partition coefficient (Wildman–Crippen LogP) is 3.90. The second-order valence-electron chi connectivity index (χ2n) is 5.84. The van der Waals surface area contributed by atoms with E-state index in [9.17, 15) is 0 Å². The second-order valence-corrected chi connectivity index (χ2v) is 5.84. The van der Waals surface area contributed by atoms with E-state index in [0.29, 0.717) is 12.1 Å². The van der Waals surface area contributed by atoms with E-state index < -0.39 is 0 Å². The first-order chi connectivity index (χ1) is 10.3. The molecule has 0 radical (unpaired) electrons. The van der Waals surface area contributed by atoms with Gasteiger partial charge in [-0.1, -0.05) is 42.5 Å². The summed E-state index contributed by atoms with van der Waals surface area (Å²) in [6.45, 7) is 2.25. The number of fused-ring (bicyclic) bond motifs is 1. The van der Waals surface area contributed by atoms with Crippen molar-refractivity contribution in [2.45, 2.75) is 38.3 Å². The Hall–Kier alpha value is -1.80. The van der Waals surface area contributed by atoms with Crippen molar-refractivity contribution in [1.29, 1.82) is 0 Å². The average Bonchev–Trinajstić information content (AvgIpc) is 2.54. The summed E-state index contributed by atoms with van der Waals surface area (Å²) in [6, 6.07) is 18.0. The summed E-state index contributed by atoms with van der Waals surface area (Å²) in [5.74, 6) is 1.04. The highest BCUT2D eigenvalue weighted by Crippen LogP contribution is 2.30. The van der Waals surface area contributed by atoms with E-state index in [1.807, 2.05) is 0 Å². The zero-order chi connectivity index (χ0) is 14.7. The largest absolute Gasteiger partial charge is 0.496 e. The summed E-state index contributed by atoms with van der Waals surface area (Å²) >= 11 is 0. The number of rotatable bonds is 4. The zero-order valence-electron chi connectivity index (χ0n) is 12.8. The van der Waals surface area contributed by atoms with Crippen LogP contribution in [-0.4, -0.2) is 13.2 Å². The van der Waals surface area contributed by atoms with Crippen LogP contribution in [0.2, 0.25) is 0 Å². The van der Waals surface area contributed by atoms with Crippen LogP contribution in [0.5, 0.6) is 5.75 Å². The average molecular weight is 281 g/mol. The fourth-order valence-corrected chi connectivity index (χ4v) is 3.30. The molecule has 2 aromatic rings. The fourth-order valence-electron chi connectivity index (χ4n) is 3.30. The minimum Gasteiger partial charge on any atom is -0.496 e. The summed E-state index contributed by atoms with van der Waals surface area (Å²) < 4.78 is 5.48. The third-order valence-corrected chi connectivity index (χ3v) is 4.44. The van der Waals surface area contributed by atoms with Crippen LogP contribution in [0.4, 0.5) is 0 Å². The van der Waals surface area contributed by atoms with E-state index >= 15 is 0 Å². The predicted molar refractivity (Wildman–Crippen MR) is 86.8 cm³/mol. The lowest BCUT2D eigenvalue weighted by Crippen LogP contribution is -2.36. The highest BCUT2D eigenvalue weighted by Gasteiger charge is 2.22. The molecule has 0 spiro atoms. The molecule has 0 heterocycles. The third kappa shape index (κ3) is 3.11. The Morgan fingerprint density at radius 2 is 1.90 bits per heavy atom. The topological polar surface area (TPSA) is 21.3 Å². The lowest BCUT2D eigenvalue weighted by atomic mass is 9.87. The first-order valence-corrected chi connectivity index (χ1v) is 7.73. The Kier molecular flexibility index (Phi) is 4.26. The van der Waals surface area contributed by atoms with Crippen LogP contribution in [0.25, 0.3) is 0 Å². The van der Waals surface area contributed by atoms with Gasteiger partial charge < -0.3 is 10.1 Å². The van der Waals surface area contributed by atoms with Crippen molar-refractivity contribution in [3.05, 3.63) is 65.2 Å². The molecule has 21 heavy (non-hydrogen) atoms. The molecule has 3 rings (SSSR count). The van der Waals surface area contributed by atoms with Gasteiger partial charge in [0, 0.05) is 12.1 Å². The maximum atomic E-state index is 5.48. The molecular weight excluding hydrogens is 258 g/mol. The van der Waals surface area contributed by atoms with Gasteiger partial charge in [-0.05, 0) is 48.9 Å². The van der Waals surface area contributed by atoms with Crippen molar-refractivity contribution in [2.75, 3.05) is 7.11 Å². The van der Waals surface area contributed by atoms with E-state index in [0.717, 1.165) is 18.6 Å². The normalized spacial score (nSPS) is 18.9. The summed E-state index contributed by atoms with van der Waals surface area (Å²) in [6.07, 6.45) is 3.35. The maximum Gasteiger partial charge on any atom is 0.122 e. The van der Waals surface area contributed by atoms with E-state index in [4.69, 9.17) is 4.74 Å². The third-order valence-electron chi connectivity index (χ3n) is 4.44. The van der Waals surface area contributed by atoms with Gasteiger partial charge in [0.2, 0.25) is 0 Å².